The molecular weight excluding hydrogens is 369 g/mol. The second-order valence-electron chi connectivity index (χ2n) is 8.13. The smallest absolute Gasteiger partial charge is 0.256 e. The Labute approximate surface area is 170 Å². The van der Waals surface area contributed by atoms with Gasteiger partial charge in [0.2, 0.25) is 0 Å². The Morgan fingerprint density at radius 1 is 1.10 bits per heavy atom. The number of rotatable bonds is 3. The average Bonchev–Trinajstić information content (AvgIpc) is 2.94. The number of carbonyl (C=O) groups excluding carboxylic acids is 1. The summed E-state index contributed by atoms with van der Waals surface area (Å²) in [6.07, 6.45) is 3.06. The third-order valence-electron chi connectivity index (χ3n) is 6.47. The lowest BCUT2D eigenvalue weighted by molar-refractivity contribution is -0.116. The van der Waals surface area contributed by atoms with Crippen LogP contribution in [0, 0.1) is 19.7 Å². The molecule has 1 fully saturated rings. The molecule has 5 heteroatoms. The molecule has 29 heavy (non-hydrogen) atoms. The number of aryl methyl sites for hydroxylation is 1. The molecular formula is C24H26FNO3. The maximum absolute atomic E-state index is 13.3. The fraction of sp³-hybridized carbons (Fsp3) is 0.375. The van der Waals surface area contributed by atoms with Crippen LogP contribution in [0.25, 0.3) is 16.7 Å². The van der Waals surface area contributed by atoms with Crippen molar-refractivity contribution in [2.45, 2.75) is 51.2 Å². The molecule has 2 N–H and O–H groups in total. The minimum Gasteiger partial charge on any atom is -0.509 e. The van der Waals surface area contributed by atoms with Gasteiger partial charge in [-0.15, -0.1) is 0 Å². The minimum absolute atomic E-state index is 0.138. The van der Waals surface area contributed by atoms with Crippen molar-refractivity contribution in [1.82, 2.24) is 5.32 Å². The number of benzene rings is 2. The number of ether oxygens (including phenoxy) is 1. The third-order valence-corrected chi connectivity index (χ3v) is 6.47. The summed E-state index contributed by atoms with van der Waals surface area (Å²) < 4.78 is 18.8. The van der Waals surface area contributed by atoms with Gasteiger partial charge in [-0.25, -0.2) is 4.39 Å². The molecule has 2 aliphatic rings. The van der Waals surface area contributed by atoms with E-state index in [1.54, 1.807) is 19.2 Å². The first-order chi connectivity index (χ1) is 13.9. The zero-order chi connectivity index (χ0) is 20.8. The number of aliphatic hydroxyl groups excluding tert-OH is 1. The molecule has 0 unspecified atom stereocenters. The van der Waals surface area contributed by atoms with E-state index in [1.807, 2.05) is 26.0 Å². The van der Waals surface area contributed by atoms with Gasteiger partial charge in [0, 0.05) is 7.11 Å². The van der Waals surface area contributed by atoms with Crippen LogP contribution in [0.1, 0.15) is 42.4 Å². The standard InChI is InChI=1S/C24H26FNO3/c1-14-4-9-19(16-5-7-17(25)8-6-16)15(2)20(14)21-22(27)24(26-23(21)28)12-10-18(29-3)11-13-24/h4-9,18,27H,10-13H2,1-3H3,(H,26,28)/t18-,24-. The summed E-state index contributed by atoms with van der Waals surface area (Å²) in [4.78, 5) is 13.0. The zero-order valence-electron chi connectivity index (χ0n) is 17.0. The Balaban J connectivity index is 1.80. The molecule has 4 rings (SSSR count). The summed E-state index contributed by atoms with van der Waals surface area (Å²) in [7, 11) is 1.70. The lowest BCUT2D eigenvalue weighted by Gasteiger charge is -2.36. The molecule has 0 saturated heterocycles. The lowest BCUT2D eigenvalue weighted by Crippen LogP contribution is -2.48. The van der Waals surface area contributed by atoms with Crippen molar-refractivity contribution >= 4 is 11.5 Å². The lowest BCUT2D eigenvalue weighted by atomic mass is 9.78. The Hall–Kier alpha value is -2.66. The van der Waals surface area contributed by atoms with Crippen LogP contribution in [0.3, 0.4) is 0 Å². The van der Waals surface area contributed by atoms with Crippen molar-refractivity contribution in [3.63, 3.8) is 0 Å². The van der Waals surface area contributed by atoms with Crippen LogP contribution in [0.4, 0.5) is 4.39 Å². The summed E-state index contributed by atoms with van der Waals surface area (Å²) in [5.74, 6) is -0.386. The molecule has 1 heterocycles. The molecule has 4 nitrogen and oxygen atoms in total. The maximum Gasteiger partial charge on any atom is 0.256 e. The summed E-state index contributed by atoms with van der Waals surface area (Å²) in [5, 5.41) is 14.3. The quantitative estimate of drug-likeness (QED) is 0.782. The van der Waals surface area contributed by atoms with E-state index in [0.29, 0.717) is 18.4 Å². The van der Waals surface area contributed by atoms with Gasteiger partial charge in [0.1, 0.15) is 11.6 Å². The van der Waals surface area contributed by atoms with Gasteiger partial charge in [0.05, 0.1) is 17.2 Å². The molecule has 0 radical (unpaired) electrons. The van der Waals surface area contributed by atoms with E-state index in [0.717, 1.165) is 40.7 Å². The first-order valence-electron chi connectivity index (χ1n) is 10.0. The van der Waals surface area contributed by atoms with Crippen molar-refractivity contribution in [2.75, 3.05) is 7.11 Å². The first kappa shape index (κ1) is 19.6. The van der Waals surface area contributed by atoms with E-state index < -0.39 is 5.54 Å². The van der Waals surface area contributed by atoms with Crippen molar-refractivity contribution in [2.24, 2.45) is 0 Å². The monoisotopic (exact) mass is 395 g/mol. The number of hydrogen-bond acceptors (Lipinski definition) is 3. The Morgan fingerprint density at radius 3 is 2.38 bits per heavy atom. The van der Waals surface area contributed by atoms with Crippen LogP contribution >= 0.6 is 0 Å². The summed E-state index contributed by atoms with van der Waals surface area (Å²) >= 11 is 0. The van der Waals surface area contributed by atoms with Gasteiger partial charge in [-0.2, -0.15) is 0 Å². The average molecular weight is 395 g/mol. The Bertz CT molecular complexity index is 986. The number of carbonyl (C=O) groups is 1. The molecule has 1 aliphatic heterocycles. The van der Waals surface area contributed by atoms with Gasteiger partial charge in [0.25, 0.3) is 5.91 Å². The van der Waals surface area contributed by atoms with Gasteiger partial charge >= 0.3 is 0 Å². The number of amides is 1. The Morgan fingerprint density at radius 2 is 1.76 bits per heavy atom. The van der Waals surface area contributed by atoms with E-state index in [1.165, 1.54) is 12.1 Å². The molecule has 0 atom stereocenters. The Kier molecular flexibility index (Phi) is 4.95. The normalized spacial score (nSPS) is 24.3. The number of methoxy groups -OCH3 is 1. The number of hydrogen-bond donors (Lipinski definition) is 2. The number of nitrogens with one attached hydrogen (secondary N) is 1. The molecule has 0 aromatic heterocycles. The van der Waals surface area contributed by atoms with Crippen LogP contribution in [-0.4, -0.2) is 29.8 Å². The van der Waals surface area contributed by atoms with Crippen molar-refractivity contribution in [3.8, 4) is 11.1 Å². The summed E-state index contributed by atoms with van der Waals surface area (Å²) in [5.41, 5.74) is 4.03. The predicted molar refractivity (Wildman–Crippen MR) is 111 cm³/mol. The highest BCUT2D eigenvalue weighted by Crippen LogP contribution is 2.44. The predicted octanol–water partition coefficient (Wildman–Crippen LogP) is 4.84. The van der Waals surface area contributed by atoms with E-state index in [-0.39, 0.29) is 23.6 Å². The second-order valence-corrected chi connectivity index (χ2v) is 8.13. The van der Waals surface area contributed by atoms with Crippen LogP contribution in [0.5, 0.6) is 0 Å². The van der Waals surface area contributed by atoms with Crippen LogP contribution in [0.15, 0.2) is 42.2 Å². The fourth-order valence-electron chi connectivity index (χ4n) is 4.77. The van der Waals surface area contributed by atoms with Crippen molar-refractivity contribution < 1.29 is 19.0 Å². The number of halogens is 1. The van der Waals surface area contributed by atoms with E-state index in [2.05, 4.69) is 5.32 Å². The van der Waals surface area contributed by atoms with E-state index in [4.69, 9.17) is 4.74 Å². The minimum atomic E-state index is -0.702. The van der Waals surface area contributed by atoms with Gasteiger partial charge in [-0.05, 0) is 79.5 Å². The van der Waals surface area contributed by atoms with Gasteiger partial charge in [-0.1, -0.05) is 24.3 Å². The number of aliphatic hydroxyl groups is 1. The summed E-state index contributed by atoms with van der Waals surface area (Å²) in [6.45, 7) is 3.89. The van der Waals surface area contributed by atoms with Crippen molar-refractivity contribution in [3.05, 3.63) is 64.7 Å². The molecule has 1 spiro atoms. The van der Waals surface area contributed by atoms with E-state index in [9.17, 15) is 14.3 Å². The first-order valence-corrected chi connectivity index (χ1v) is 10.0. The fourth-order valence-corrected chi connectivity index (χ4v) is 4.77. The van der Waals surface area contributed by atoms with Crippen LogP contribution in [0.2, 0.25) is 0 Å². The molecule has 1 saturated carbocycles. The molecule has 2 aromatic carbocycles. The zero-order valence-corrected chi connectivity index (χ0v) is 17.0. The highest BCUT2D eigenvalue weighted by atomic mass is 19.1. The van der Waals surface area contributed by atoms with E-state index >= 15 is 0 Å². The van der Waals surface area contributed by atoms with Crippen molar-refractivity contribution in [1.29, 1.82) is 0 Å². The SMILES string of the molecule is CO[C@H]1CC[C@@]2(CC1)NC(=O)C(c1c(C)ccc(-c3ccc(F)cc3)c1C)=C2O. The largest absolute Gasteiger partial charge is 0.509 e. The van der Waals surface area contributed by atoms with Gasteiger partial charge in [0.15, 0.2) is 0 Å². The van der Waals surface area contributed by atoms with Crippen LogP contribution in [-0.2, 0) is 9.53 Å². The molecule has 0 bridgehead atoms. The molecule has 2 aromatic rings. The third kappa shape index (κ3) is 3.23. The van der Waals surface area contributed by atoms with Gasteiger partial charge in [-0.3, -0.25) is 4.79 Å². The summed E-state index contributed by atoms with van der Waals surface area (Å²) in [6, 6.07) is 10.2. The maximum atomic E-state index is 13.3. The topological polar surface area (TPSA) is 58.6 Å². The molecule has 1 amide bonds. The molecule has 1 aliphatic carbocycles. The highest BCUT2D eigenvalue weighted by molar-refractivity contribution is 6.24. The highest BCUT2D eigenvalue weighted by Gasteiger charge is 2.48. The van der Waals surface area contributed by atoms with Gasteiger partial charge < -0.3 is 15.2 Å². The molecule has 152 valence electrons. The second kappa shape index (κ2) is 7.30. The van der Waals surface area contributed by atoms with Crippen LogP contribution < -0.4 is 5.32 Å².